The van der Waals surface area contributed by atoms with E-state index in [1.807, 2.05) is 0 Å². The second-order valence-corrected chi connectivity index (χ2v) is 7.76. The van der Waals surface area contributed by atoms with Crippen molar-refractivity contribution in [1.82, 2.24) is 0 Å². The SMILES string of the molecule is CC(C)CS(=O)(=O)CCC(=O)Nc1ccccc1CC(=O)O. The van der Waals surface area contributed by atoms with E-state index in [4.69, 9.17) is 5.11 Å². The zero-order valence-corrected chi connectivity index (χ0v) is 13.5. The number of carboxylic acids is 1. The molecular weight excluding hydrogens is 306 g/mol. The summed E-state index contributed by atoms with van der Waals surface area (Å²) in [5.41, 5.74) is 0.879. The van der Waals surface area contributed by atoms with Crippen molar-refractivity contribution < 1.29 is 23.1 Å². The van der Waals surface area contributed by atoms with Gasteiger partial charge in [0.05, 0.1) is 17.9 Å². The molecule has 0 saturated heterocycles. The number of amides is 1. The molecule has 0 bridgehead atoms. The maximum atomic E-state index is 11.9. The lowest BCUT2D eigenvalue weighted by Crippen LogP contribution is -2.21. The first-order valence-electron chi connectivity index (χ1n) is 6.99. The van der Waals surface area contributed by atoms with Crippen LogP contribution in [0.5, 0.6) is 0 Å². The number of benzene rings is 1. The van der Waals surface area contributed by atoms with Gasteiger partial charge in [0, 0.05) is 12.1 Å². The fourth-order valence-electron chi connectivity index (χ4n) is 2.01. The zero-order valence-electron chi connectivity index (χ0n) is 12.7. The first-order valence-corrected chi connectivity index (χ1v) is 8.81. The van der Waals surface area contributed by atoms with Crippen molar-refractivity contribution >= 4 is 27.4 Å². The van der Waals surface area contributed by atoms with Gasteiger partial charge in [0.1, 0.15) is 0 Å². The van der Waals surface area contributed by atoms with E-state index in [0.29, 0.717) is 11.3 Å². The summed E-state index contributed by atoms with van der Waals surface area (Å²) in [5.74, 6) is -1.58. The molecule has 0 fully saturated rings. The van der Waals surface area contributed by atoms with Gasteiger partial charge < -0.3 is 10.4 Å². The van der Waals surface area contributed by atoms with Gasteiger partial charge >= 0.3 is 5.97 Å². The van der Waals surface area contributed by atoms with Crippen molar-refractivity contribution in [2.75, 3.05) is 16.8 Å². The van der Waals surface area contributed by atoms with Gasteiger partial charge in [-0.05, 0) is 17.5 Å². The van der Waals surface area contributed by atoms with Gasteiger partial charge in [0.15, 0.2) is 9.84 Å². The molecule has 0 radical (unpaired) electrons. The van der Waals surface area contributed by atoms with E-state index in [1.165, 1.54) is 0 Å². The van der Waals surface area contributed by atoms with E-state index in [2.05, 4.69) is 5.32 Å². The molecule has 6 nitrogen and oxygen atoms in total. The van der Waals surface area contributed by atoms with Gasteiger partial charge in [-0.3, -0.25) is 9.59 Å². The first-order chi connectivity index (χ1) is 10.2. The molecule has 0 heterocycles. The lowest BCUT2D eigenvalue weighted by Gasteiger charge is -2.10. The van der Waals surface area contributed by atoms with Crippen LogP contribution < -0.4 is 5.32 Å². The third-order valence-electron chi connectivity index (χ3n) is 2.86. The largest absolute Gasteiger partial charge is 0.481 e. The summed E-state index contributed by atoms with van der Waals surface area (Å²) >= 11 is 0. The molecule has 2 N–H and O–H groups in total. The van der Waals surface area contributed by atoms with Crippen LogP contribution in [0.15, 0.2) is 24.3 Å². The van der Waals surface area contributed by atoms with Crippen LogP contribution in [-0.4, -0.2) is 36.9 Å². The first kappa shape index (κ1) is 18.2. The maximum absolute atomic E-state index is 11.9. The van der Waals surface area contributed by atoms with E-state index in [-0.39, 0.29) is 30.3 Å². The Morgan fingerprint density at radius 1 is 1.23 bits per heavy atom. The summed E-state index contributed by atoms with van der Waals surface area (Å²) in [7, 11) is -3.25. The molecule has 0 saturated carbocycles. The molecule has 0 unspecified atom stereocenters. The number of rotatable bonds is 8. The Morgan fingerprint density at radius 3 is 2.45 bits per heavy atom. The predicted molar refractivity (Wildman–Crippen MR) is 84.5 cm³/mol. The monoisotopic (exact) mass is 327 g/mol. The minimum Gasteiger partial charge on any atom is -0.481 e. The average Bonchev–Trinajstić information content (AvgIpc) is 2.37. The van der Waals surface area contributed by atoms with Gasteiger partial charge in [-0.2, -0.15) is 0 Å². The topological polar surface area (TPSA) is 101 Å². The van der Waals surface area contributed by atoms with Crippen LogP contribution in [0.2, 0.25) is 0 Å². The van der Waals surface area contributed by atoms with Crippen LogP contribution in [0, 0.1) is 5.92 Å². The highest BCUT2D eigenvalue weighted by Gasteiger charge is 2.16. The number of para-hydroxylation sites is 1. The molecule has 1 rings (SSSR count). The molecule has 0 aliphatic carbocycles. The van der Waals surface area contributed by atoms with E-state index < -0.39 is 21.7 Å². The average molecular weight is 327 g/mol. The fourth-order valence-corrected chi connectivity index (χ4v) is 3.69. The van der Waals surface area contributed by atoms with Gasteiger partial charge in [-0.25, -0.2) is 8.42 Å². The van der Waals surface area contributed by atoms with Crippen LogP contribution in [0.1, 0.15) is 25.8 Å². The molecule has 0 atom stereocenters. The lowest BCUT2D eigenvalue weighted by molar-refractivity contribution is -0.136. The highest BCUT2D eigenvalue weighted by Crippen LogP contribution is 2.16. The number of carbonyl (C=O) groups excluding carboxylic acids is 1. The Hall–Kier alpha value is -1.89. The molecule has 1 aromatic carbocycles. The Balaban J connectivity index is 2.65. The Labute approximate surface area is 130 Å². The van der Waals surface area contributed by atoms with Gasteiger partial charge in [0.2, 0.25) is 5.91 Å². The van der Waals surface area contributed by atoms with Crippen molar-refractivity contribution in [3.63, 3.8) is 0 Å². The van der Waals surface area contributed by atoms with Gasteiger partial charge in [-0.1, -0.05) is 32.0 Å². The number of hydrogen-bond acceptors (Lipinski definition) is 4. The van der Waals surface area contributed by atoms with Crippen molar-refractivity contribution in [2.24, 2.45) is 5.92 Å². The van der Waals surface area contributed by atoms with E-state index in [1.54, 1.807) is 38.1 Å². The normalized spacial score (nSPS) is 11.4. The minimum absolute atomic E-state index is 0.0179. The Morgan fingerprint density at radius 2 is 1.86 bits per heavy atom. The number of carboxylic acid groups (broad SMARTS) is 1. The minimum atomic E-state index is -3.25. The smallest absolute Gasteiger partial charge is 0.307 e. The van der Waals surface area contributed by atoms with Crippen LogP contribution in [0.25, 0.3) is 0 Å². The second kappa shape index (κ2) is 7.93. The summed E-state index contributed by atoms with van der Waals surface area (Å²) in [5, 5.41) is 11.4. The number of sulfone groups is 1. The van der Waals surface area contributed by atoms with E-state index >= 15 is 0 Å². The molecular formula is C15H21NO5S. The van der Waals surface area contributed by atoms with Crippen LogP contribution in [0.4, 0.5) is 5.69 Å². The summed E-state index contributed by atoms with van der Waals surface area (Å²) in [6.07, 6.45) is -0.349. The highest BCUT2D eigenvalue weighted by atomic mass is 32.2. The Kier molecular flexibility index (Phi) is 6.55. The molecule has 7 heteroatoms. The molecule has 0 spiro atoms. The third-order valence-corrected chi connectivity index (χ3v) is 4.86. The number of aliphatic carboxylic acids is 1. The van der Waals surface area contributed by atoms with E-state index in [0.717, 1.165) is 0 Å². The second-order valence-electron chi connectivity index (χ2n) is 5.53. The number of anilines is 1. The quantitative estimate of drug-likeness (QED) is 0.757. The molecule has 1 aromatic rings. The van der Waals surface area contributed by atoms with Crippen molar-refractivity contribution in [1.29, 1.82) is 0 Å². The lowest BCUT2D eigenvalue weighted by atomic mass is 10.1. The fraction of sp³-hybridized carbons (Fsp3) is 0.467. The predicted octanol–water partition coefficient (Wildman–Crippen LogP) is 1.71. The maximum Gasteiger partial charge on any atom is 0.307 e. The number of nitrogens with one attached hydrogen (secondary N) is 1. The zero-order chi connectivity index (χ0) is 16.8. The molecule has 22 heavy (non-hydrogen) atoms. The molecule has 1 amide bonds. The highest BCUT2D eigenvalue weighted by molar-refractivity contribution is 7.91. The number of hydrogen-bond donors (Lipinski definition) is 2. The van der Waals surface area contributed by atoms with E-state index in [9.17, 15) is 18.0 Å². The van der Waals surface area contributed by atoms with Crippen molar-refractivity contribution in [3.05, 3.63) is 29.8 Å². The molecule has 122 valence electrons. The van der Waals surface area contributed by atoms with Crippen LogP contribution in [0.3, 0.4) is 0 Å². The summed E-state index contributed by atoms with van der Waals surface area (Å²) in [4.78, 5) is 22.6. The van der Waals surface area contributed by atoms with Crippen LogP contribution in [-0.2, 0) is 25.8 Å². The van der Waals surface area contributed by atoms with Crippen LogP contribution >= 0.6 is 0 Å². The molecule has 0 aliphatic rings. The molecule has 0 aliphatic heterocycles. The van der Waals surface area contributed by atoms with Gasteiger partial charge in [-0.15, -0.1) is 0 Å². The Bertz CT molecular complexity index is 637. The van der Waals surface area contributed by atoms with Gasteiger partial charge in [0.25, 0.3) is 0 Å². The summed E-state index contributed by atoms with van der Waals surface area (Å²) < 4.78 is 23.5. The summed E-state index contributed by atoms with van der Waals surface area (Å²) in [6.45, 7) is 3.61. The van der Waals surface area contributed by atoms with Crippen molar-refractivity contribution in [3.8, 4) is 0 Å². The molecule has 0 aromatic heterocycles. The van der Waals surface area contributed by atoms with Crippen molar-refractivity contribution in [2.45, 2.75) is 26.7 Å². The third kappa shape index (κ3) is 6.71. The standard InChI is InChI=1S/C15H21NO5S/c1-11(2)10-22(20,21)8-7-14(17)16-13-6-4-3-5-12(13)9-15(18)19/h3-6,11H,7-10H2,1-2H3,(H,16,17)(H,18,19). The summed E-state index contributed by atoms with van der Waals surface area (Å²) in [6, 6.07) is 6.57. The number of carbonyl (C=O) groups is 2.